The fourth-order valence-corrected chi connectivity index (χ4v) is 3.18. The van der Waals surface area contributed by atoms with Crippen molar-refractivity contribution in [2.45, 2.75) is 57.4 Å². The van der Waals surface area contributed by atoms with Gasteiger partial charge in [-0.1, -0.05) is 38.5 Å². The van der Waals surface area contributed by atoms with Gasteiger partial charge in [-0.3, -0.25) is 11.3 Å². The van der Waals surface area contributed by atoms with Gasteiger partial charge in [-0.15, -0.1) is 0 Å². The summed E-state index contributed by atoms with van der Waals surface area (Å²) in [4.78, 5) is 0. The van der Waals surface area contributed by atoms with Crippen LogP contribution in [0, 0.1) is 17.6 Å². The van der Waals surface area contributed by atoms with Crippen LogP contribution in [0.25, 0.3) is 0 Å². The molecule has 1 fully saturated rings. The van der Waals surface area contributed by atoms with Crippen LogP contribution in [0.3, 0.4) is 0 Å². The van der Waals surface area contributed by atoms with Crippen LogP contribution in [0.4, 0.5) is 8.78 Å². The first-order valence-electron chi connectivity index (χ1n) is 7.59. The van der Waals surface area contributed by atoms with Gasteiger partial charge in [-0.2, -0.15) is 0 Å². The molecule has 1 saturated carbocycles. The molecule has 4 heteroatoms. The maximum atomic E-state index is 13.7. The molecule has 2 rings (SSSR count). The summed E-state index contributed by atoms with van der Waals surface area (Å²) in [7, 11) is 0. The number of nitrogens with two attached hydrogens (primary N) is 1. The third-order valence-corrected chi connectivity index (χ3v) is 4.30. The number of rotatable bonds is 5. The minimum atomic E-state index is -0.397. The molecular weight excluding hydrogens is 258 g/mol. The maximum absolute atomic E-state index is 13.7. The Morgan fingerprint density at radius 2 is 1.85 bits per heavy atom. The Bertz CT molecular complexity index is 415. The molecule has 112 valence electrons. The zero-order chi connectivity index (χ0) is 14.4. The molecule has 0 spiro atoms. The highest BCUT2D eigenvalue weighted by atomic mass is 19.1. The highest BCUT2D eigenvalue weighted by Gasteiger charge is 2.19. The van der Waals surface area contributed by atoms with E-state index in [1.54, 1.807) is 0 Å². The summed E-state index contributed by atoms with van der Waals surface area (Å²) in [5.74, 6) is 5.50. The minimum absolute atomic E-state index is 0.00870. The molecule has 1 unspecified atom stereocenters. The van der Waals surface area contributed by atoms with Gasteiger partial charge >= 0.3 is 0 Å². The van der Waals surface area contributed by atoms with Crippen molar-refractivity contribution >= 4 is 0 Å². The van der Waals surface area contributed by atoms with Gasteiger partial charge in [0.15, 0.2) is 0 Å². The summed E-state index contributed by atoms with van der Waals surface area (Å²) in [5.41, 5.74) is 3.18. The Morgan fingerprint density at radius 1 is 1.15 bits per heavy atom. The lowest BCUT2D eigenvalue weighted by atomic mass is 9.90. The molecule has 0 radical (unpaired) electrons. The topological polar surface area (TPSA) is 38.0 Å². The zero-order valence-corrected chi connectivity index (χ0v) is 11.9. The van der Waals surface area contributed by atoms with Crippen LogP contribution in [0.2, 0.25) is 0 Å². The Balaban J connectivity index is 1.95. The smallest absolute Gasteiger partial charge is 0.126 e. The van der Waals surface area contributed by atoms with Crippen LogP contribution in [0.15, 0.2) is 18.2 Å². The molecule has 1 aromatic rings. The van der Waals surface area contributed by atoms with Gasteiger partial charge in [0, 0.05) is 6.04 Å². The third kappa shape index (κ3) is 4.53. The lowest BCUT2D eigenvalue weighted by molar-refractivity contribution is 0.350. The second-order valence-corrected chi connectivity index (χ2v) is 5.90. The van der Waals surface area contributed by atoms with Crippen molar-refractivity contribution in [3.05, 3.63) is 35.4 Å². The van der Waals surface area contributed by atoms with Gasteiger partial charge in [0.1, 0.15) is 11.6 Å². The van der Waals surface area contributed by atoms with E-state index in [1.807, 2.05) is 0 Å². The number of halogens is 2. The highest BCUT2D eigenvalue weighted by Crippen LogP contribution is 2.27. The van der Waals surface area contributed by atoms with Gasteiger partial charge in [-0.25, -0.2) is 8.78 Å². The molecule has 1 aliphatic carbocycles. The van der Waals surface area contributed by atoms with Crippen molar-refractivity contribution in [2.75, 3.05) is 0 Å². The average Bonchev–Trinajstić information content (AvgIpc) is 2.70. The quantitative estimate of drug-likeness (QED) is 0.491. The zero-order valence-electron chi connectivity index (χ0n) is 11.9. The Labute approximate surface area is 119 Å². The minimum Gasteiger partial charge on any atom is -0.271 e. The summed E-state index contributed by atoms with van der Waals surface area (Å²) in [5, 5.41) is 0. The van der Waals surface area contributed by atoms with E-state index in [4.69, 9.17) is 5.84 Å². The summed E-state index contributed by atoms with van der Waals surface area (Å²) in [6, 6.07) is 3.61. The molecule has 0 aromatic heterocycles. The third-order valence-electron chi connectivity index (χ3n) is 4.30. The molecular formula is C16H24F2N2. The predicted octanol–water partition coefficient (Wildman–Crippen LogP) is 3.70. The first-order chi connectivity index (χ1) is 9.69. The van der Waals surface area contributed by atoms with E-state index in [0.717, 1.165) is 12.5 Å². The van der Waals surface area contributed by atoms with Crippen LogP contribution in [0.1, 0.15) is 50.5 Å². The van der Waals surface area contributed by atoms with Crippen LogP contribution in [0.5, 0.6) is 0 Å². The van der Waals surface area contributed by atoms with E-state index >= 15 is 0 Å². The van der Waals surface area contributed by atoms with Gasteiger partial charge in [-0.05, 0) is 42.5 Å². The van der Waals surface area contributed by atoms with E-state index in [2.05, 4.69) is 5.43 Å². The van der Waals surface area contributed by atoms with Crippen LogP contribution in [-0.4, -0.2) is 6.04 Å². The summed E-state index contributed by atoms with van der Waals surface area (Å²) in [6.45, 7) is 0. The molecule has 1 atom stereocenters. The summed E-state index contributed by atoms with van der Waals surface area (Å²) in [6.07, 6.45) is 9.01. The number of benzene rings is 1. The van der Waals surface area contributed by atoms with Crippen molar-refractivity contribution in [3.8, 4) is 0 Å². The van der Waals surface area contributed by atoms with Crippen LogP contribution < -0.4 is 11.3 Å². The normalized spacial score (nSPS) is 18.8. The first-order valence-corrected chi connectivity index (χ1v) is 7.59. The molecule has 0 bridgehead atoms. The predicted molar refractivity (Wildman–Crippen MR) is 77.0 cm³/mol. The van der Waals surface area contributed by atoms with Crippen molar-refractivity contribution in [3.63, 3.8) is 0 Å². The van der Waals surface area contributed by atoms with Gasteiger partial charge in [0.25, 0.3) is 0 Å². The van der Waals surface area contributed by atoms with Gasteiger partial charge in [0.2, 0.25) is 0 Å². The van der Waals surface area contributed by atoms with E-state index in [1.165, 1.54) is 50.7 Å². The number of nitrogens with one attached hydrogen (secondary N) is 1. The number of hydrogen-bond acceptors (Lipinski definition) is 2. The fourth-order valence-electron chi connectivity index (χ4n) is 3.18. The summed E-state index contributed by atoms with van der Waals surface area (Å²) < 4.78 is 26.9. The largest absolute Gasteiger partial charge is 0.271 e. The van der Waals surface area contributed by atoms with E-state index in [0.29, 0.717) is 17.9 Å². The molecule has 2 nitrogen and oxygen atoms in total. The standard InChI is InChI=1S/C16H24F2N2/c17-14-7-8-16(18)13(10-14)11-15(20-19)9-12-5-3-1-2-4-6-12/h7-8,10,12,15,20H,1-6,9,11,19H2. The lowest BCUT2D eigenvalue weighted by Crippen LogP contribution is -2.38. The molecule has 0 saturated heterocycles. The lowest BCUT2D eigenvalue weighted by Gasteiger charge is -2.22. The van der Waals surface area contributed by atoms with Gasteiger partial charge < -0.3 is 0 Å². The SMILES string of the molecule is NNC(Cc1cc(F)ccc1F)CC1CCCCCC1. The van der Waals surface area contributed by atoms with Crippen molar-refractivity contribution in [1.29, 1.82) is 0 Å². The molecule has 0 amide bonds. The molecule has 3 N–H and O–H groups in total. The Hall–Kier alpha value is -1.00. The molecule has 20 heavy (non-hydrogen) atoms. The molecule has 0 heterocycles. The summed E-state index contributed by atoms with van der Waals surface area (Å²) >= 11 is 0. The fraction of sp³-hybridized carbons (Fsp3) is 0.625. The van der Waals surface area contributed by atoms with Crippen LogP contribution in [-0.2, 0) is 6.42 Å². The van der Waals surface area contributed by atoms with E-state index in [-0.39, 0.29) is 11.9 Å². The average molecular weight is 282 g/mol. The van der Waals surface area contributed by atoms with E-state index in [9.17, 15) is 8.78 Å². The Morgan fingerprint density at radius 3 is 2.50 bits per heavy atom. The molecule has 0 aliphatic heterocycles. The monoisotopic (exact) mass is 282 g/mol. The highest BCUT2D eigenvalue weighted by molar-refractivity contribution is 5.19. The molecule has 1 aliphatic rings. The second kappa shape index (κ2) is 7.70. The second-order valence-electron chi connectivity index (χ2n) is 5.90. The maximum Gasteiger partial charge on any atom is 0.126 e. The number of hydrazine groups is 1. The molecule has 1 aromatic carbocycles. The van der Waals surface area contributed by atoms with Gasteiger partial charge in [0.05, 0.1) is 0 Å². The first kappa shape index (κ1) is 15.4. The number of hydrogen-bond donors (Lipinski definition) is 2. The van der Waals surface area contributed by atoms with E-state index < -0.39 is 5.82 Å². The van der Waals surface area contributed by atoms with Crippen LogP contribution >= 0.6 is 0 Å². The van der Waals surface area contributed by atoms with Crippen molar-refractivity contribution in [1.82, 2.24) is 5.43 Å². The van der Waals surface area contributed by atoms with Crippen molar-refractivity contribution < 1.29 is 8.78 Å². The Kier molecular flexibility index (Phi) is 5.92. The van der Waals surface area contributed by atoms with Crippen molar-refractivity contribution in [2.24, 2.45) is 11.8 Å².